The average molecular weight is 628 g/mol. The van der Waals surface area contributed by atoms with Crippen molar-refractivity contribution in [1.82, 2.24) is 0 Å². The van der Waals surface area contributed by atoms with Crippen LogP contribution in [0, 0.1) is 0 Å². The monoisotopic (exact) mass is 627 g/mol. The average Bonchev–Trinajstić information content (AvgIpc) is 3.38. The highest BCUT2D eigenvalue weighted by molar-refractivity contribution is 6.22. The van der Waals surface area contributed by atoms with Crippen LogP contribution in [0.3, 0.4) is 0 Å². The van der Waals surface area contributed by atoms with E-state index in [0.717, 1.165) is 19.4 Å². The van der Waals surface area contributed by atoms with Crippen LogP contribution < -0.4 is 4.90 Å². The molecule has 0 spiro atoms. The SMILES string of the molecule is CC1(C)c2ccccc2-c2cc(-c3c4ccccc4c(N4CCCc5ccccc54)c4ccc(-c5cccc6ccccc56)cc34)ccc21. The van der Waals surface area contributed by atoms with Crippen molar-refractivity contribution in [2.24, 2.45) is 0 Å². The van der Waals surface area contributed by atoms with Gasteiger partial charge in [-0.1, -0.05) is 147 Å². The summed E-state index contributed by atoms with van der Waals surface area (Å²) in [5.41, 5.74) is 14.7. The van der Waals surface area contributed by atoms with Crippen molar-refractivity contribution in [3.05, 3.63) is 168 Å². The Kier molecular flexibility index (Phi) is 6.18. The van der Waals surface area contributed by atoms with Crippen LogP contribution in [0.25, 0.3) is 65.7 Å². The molecule has 1 aliphatic heterocycles. The van der Waals surface area contributed by atoms with Crippen LogP contribution >= 0.6 is 0 Å². The van der Waals surface area contributed by atoms with E-state index in [0.29, 0.717) is 0 Å². The molecule has 0 aromatic heterocycles. The highest BCUT2D eigenvalue weighted by atomic mass is 15.1. The maximum absolute atomic E-state index is 2.60. The molecule has 0 amide bonds. The lowest BCUT2D eigenvalue weighted by atomic mass is 9.81. The maximum atomic E-state index is 2.60. The van der Waals surface area contributed by atoms with E-state index in [1.165, 1.54) is 93.8 Å². The maximum Gasteiger partial charge on any atom is 0.0570 e. The summed E-state index contributed by atoms with van der Waals surface area (Å²) < 4.78 is 0. The number of rotatable bonds is 3. The van der Waals surface area contributed by atoms with Gasteiger partial charge in [-0.2, -0.15) is 0 Å². The van der Waals surface area contributed by atoms with Crippen molar-refractivity contribution in [2.45, 2.75) is 32.1 Å². The second-order valence-corrected chi connectivity index (χ2v) is 14.4. The molecule has 8 aromatic carbocycles. The van der Waals surface area contributed by atoms with E-state index in [1.54, 1.807) is 0 Å². The third kappa shape index (κ3) is 4.18. The minimum Gasteiger partial charge on any atom is -0.340 e. The summed E-state index contributed by atoms with van der Waals surface area (Å²) in [6, 6.07) is 57.0. The van der Waals surface area contributed by atoms with Gasteiger partial charge >= 0.3 is 0 Å². The Hall–Kier alpha value is -5.66. The molecule has 0 saturated heterocycles. The summed E-state index contributed by atoms with van der Waals surface area (Å²) in [6.45, 7) is 5.74. The van der Waals surface area contributed by atoms with Crippen molar-refractivity contribution < 1.29 is 0 Å². The summed E-state index contributed by atoms with van der Waals surface area (Å²) in [6.07, 6.45) is 2.27. The Morgan fingerprint density at radius 3 is 2.08 bits per heavy atom. The van der Waals surface area contributed by atoms with Crippen molar-refractivity contribution in [2.75, 3.05) is 11.4 Å². The summed E-state index contributed by atoms with van der Waals surface area (Å²) in [4.78, 5) is 2.60. The fourth-order valence-corrected chi connectivity index (χ4v) is 9.04. The molecule has 8 aromatic rings. The van der Waals surface area contributed by atoms with E-state index in [4.69, 9.17) is 0 Å². The first-order valence-electron chi connectivity index (χ1n) is 17.6. The number of anilines is 2. The first kappa shape index (κ1) is 28.4. The van der Waals surface area contributed by atoms with E-state index in [-0.39, 0.29) is 5.41 Å². The molecule has 49 heavy (non-hydrogen) atoms. The topological polar surface area (TPSA) is 3.24 Å². The van der Waals surface area contributed by atoms with Gasteiger partial charge in [0.05, 0.1) is 5.69 Å². The Balaban J connectivity index is 1.31. The first-order valence-corrected chi connectivity index (χ1v) is 17.6. The summed E-state index contributed by atoms with van der Waals surface area (Å²) in [7, 11) is 0. The second-order valence-electron chi connectivity index (χ2n) is 14.4. The highest BCUT2D eigenvalue weighted by Crippen LogP contribution is 2.52. The van der Waals surface area contributed by atoms with Gasteiger partial charge < -0.3 is 4.90 Å². The third-order valence-corrected chi connectivity index (χ3v) is 11.3. The second kappa shape index (κ2) is 10.7. The van der Waals surface area contributed by atoms with E-state index in [9.17, 15) is 0 Å². The standard InChI is InChI=1S/C48H37N/c1-48(2)43-22-9-8-18-37(43)41-30-34(25-27-44(41)48)46-38-19-6-7-20-39(38)47(49-28-12-16-32-14-4-10-23-45(32)49)40-26-24-33(29-42(40)46)36-21-11-15-31-13-3-5-17-35(31)36/h3-11,13-15,17-27,29-30H,12,16,28H2,1-2H3. The van der Waals surface area contributed by atoms with E-state index < -0.39 is 0 Å². The first-order chi connectivity index (χ1) is 24.1. The van der Waals surface area contributed by atoms with Gasteiger partial charge in [-0.15, -0.1) is 0 Å². The largest absolute Gasteiger partial charge is 0.340 e. The molecule has 2 aliphatic rings. The molecule has 0 radical (unpaired) electrons. The molecule has 1 nitrogen and oxygen atoms in total. The van der Waals surface area contributed by atoms with E-state index in [2.05, 4.69) is 170 Å². The molecule has 0 atom stereocenters. The predicted octanol–water partition coefficient (Wildman–Crippen LogP) is 12.9. The normalized spacial score (nSPS) is 14.6. The van der Waals surface area contributed by atoms with E-state index in [1.807, 2.05) is 0 Å². The van der Waals surface area contributed by atoms with Crippen LogP contribution in [0.1, 0.15) is 37.0 Å². The van der Waals surface area contributed by atoms with Gasteiger partial charge in [-0.25, -0.2) is 0 Å². The zero-order valence-corrected chi connectivity index (χ0v) is 28.0. The number of hydrogen-bond acceptors (Lipinski definition) is 1. The summed E-state index contributed by atoms with van der Waals surface area (Å²) in [5.74, 6) is 0. The van der Waals surface area contributed by atoms with Gasteiger partial charge in [0.1, 0.15) is 0 Å². The number of hydrogen-bond donors (Lipinski definition) is 0. The van der Waals surface area contributed by atoms with Crippen LogP contribution in [0.15, 0.2) is 152 Å². The van der Waals surface area contributed by atoms with Gasteiger partial charge in [0.2, 0.25) is 0 Å². The van der Waals surface area contributed by atoms with Crippen LogP contribution in [-0.2, 0) is 11.8 Å². The minimum atomic E-state index is -0.0262. The number of para-hydroxylation sites is 1. The van der Waals surface area contributed by atoms with Crippen LogP contribution in [0.4, 0.5) is 11.4 Å². The molecule has 0 fully saturated rings. The number of fused-ring (bicyclic) bond motifs is 7. The summed E-state index contributed by atoms with van der Waals surface area (Å²) >= 11 is 0. The quantitative estimate of drug-likeness (QED) is 0.176. The van der Waals surface area contributed by atoms with Crippen molar-refractivity contribution in [3.8, 4) is 33.4 Å². The Bertz CT molecular complexity index is 2620. The molecular weight excluding hydrogens is 591 g/mol. The van der Waals surface area contributed by atoms with Gasteiger partial charge in [-0.05, 0) is 103 Å². The number of benzene rings is 8. The fourth-order valence-electron chi connectivity index (χ4n) is 9.04. The zero-order chi connectivity index (χ0) is 32.7. The molecular formula is C48H37N. The highest BCUT2D eigenvalue weighted by Gasteiger charge is 2.35. The van der Waals surface area contributed by atoms with Gasteiger partial charge in [0.15, 0.2) is 0 Å². The van der Waals surface area contributed by atoms with Crippen LogP contribution in [0.2, 0.25) is 0 Å². The number of aryl methyl sites for hydroxylation is 1. The molecule has 0 saturated carbocycles. The Labute approximate surface area is 288 Å². The van der Waals surface area contributed by atoms with Crippen LogP contribution in [0.5, 0.6) is 0 Å². The third-order valence-electron chi connectivity index (χ3n) is 11.3. The number of nitrogens with zero attached hydrogens (tertiary/aromatic N) is 1. The molecule has 1 heteroatoms. The lowest BCUT2D eigenvalue weighted by molar-refractivity contribution is 0.660. The van der Waals surface area contributed by atoms with Crippen LogP contribution in [-0.4, -0.2) is 6.54 Å². The molecule has 0 unspecified atom stereocenters. The molecule has 234 valence electrons. The summed E-state index contributed by atoms with van der Waals surface area (Å²) in [5, 5.41) is 7.76. The molecule has 0 bridgehead atoms. The smallest absolute Gasteiger partial charge is 0.0570 e. The van der Waals surface area contributed by atoms with Gasteiger partial charge in [-0.3, -0.25) is 0 Å². The van der Waals surface area contributed by atoms with E-state index >= 15 is 0 Å². The molecule has 0 N–H and O–H groups in total. The van der Waals surface area contributed by atoms with Gasteiger partial charge in [0.25, 0.3) is 0 Å². The lowest BCUT2D eigenvalue weighted by Crippen LogP contribution is -2.25. The Morgan fingerprint density at radius 1 is 0.490 bits per heavy atom. The minimum absolute atomic E-state index is 0.0262. The zero-order valence-electron chi connectivity index (χ0n) is 28.0. The molecule has 10 rings (SSSR count). The van der Waals surface area contributed by atoms with Gasteiger partial charge in [0, 0.05) is 28.4 Å². The predicted molar refractivity (Wildman–Crippen MR) is 209 cm³/mol. The van der Waals surface area contributed by atoms with Crippen molar-refractivity contribution in [1.29, 1.82) is 0 Å². The fraction of sp³-hybridized carbons (Fsp3) is 0.125. The lowest BCUT2D eigenvalue weighted by Gasteiger charge is -2.34. The van der Waals surface area contributed by atoms with Crippen molar-refractivity contribution >= 4 is 43.7 Å². The Morgan fingerprint density at radius 2 is 1.16 bits per heavy atom. The molecule has 1 aliphatic carbocycles. The van der Waals surface area contributed by atoms with Crippen molar-refractivity contribution in [3.63, 3.8) is 0 Å². The molecule has 1 heterocycles.